The maximum Gasteiger partial charge on any atom is 0.472 e. The van der Waals surface area contributed by atoms with E-state index in [1.54, 1.807) is 0 Å². The van der Waals surface area contributed by atoms with Crippen molar-refractivity contribution < 1.29 is 75.8 Å². The molecule has 0 rings (SSSR count). The predicted molar refractivity (Wildman–Crippen MR) is 408 cm³/mol. The lowest BCUT2D eigenvalue weighted by atomic mass is 10.0. The largest absolute Gasteiger partial charge is 0.472 e. The molecule has 4 N–H and O–H groups in total. The van der Waals surface area contributed by atoms with E-state index in [1.165, 1.54) is 128 Å². The molecule has 0 spiro atoms. The molecule has 0 saturated carbocycles. The van der Waals surface area contributed by atoms with Gasteiger partial charge >= 0.3 is 33.6 Å². The van der Waals surface area contributed by atoms with Crippen LogP contribution >= 0.6 is 15.6 Å². The van der Waals surface area contributed by atoms with E-state index in [2.05, 4.69) is 142 Å². The first kappa shape index (κ1) is 94.9. The summed E-state index contributed by atoms with van der Waals surface area (Å²) in [5.41, 5.74) is 0. The molecule has 0 heterocycles. The summed E-state index contributed by atoms with van der Waals surface area (Å²) in [5.74, 6) is -1.62. The maximum absolute atomic E-state index is 12.9. The van der Waals surface area contributed by atoms with Gasteiger partial charge in [0, 0.05) is 19.3 Å². The lowest BCUT2D eigenvalue weighted by Gasteiger charge is -2.21. The van der Waals surface area contributed by atoms with Crippen LogP contribution in [0.4, 0.5) is 0 Å². The van der Waals surface area contributed by atoms with E-state index in [0.717, 1.165) is 128 Å². The minimum atomic E-state index is -4.94. The number of carbonyl (C=O) groups is 3. The first-order valence-corrected chi connectivity index (χ1v) is 41.8. The van der Waals surface area contributed by atoms with Crippen LogP contribution in [0.3, 0.4) is 0 Å². The monoisotopic (exact) mass is 1430 g/mol. The first-order chi connectivity index (χ1) is 48.2. The Morgan fingerprint density at radius 1 is 0.293 bits per heavy atom. The van der Waals surface area contributed by atoms with Crippen LogP contribution in [-0.2, 0) is 55.8 Å². The van der Waals surface area contributed by atoms with Gasteiger partial charge in [0.1, 0.15) is 25.4 Å². The standard InChI is InChI=1S/C81H140O16P2/c1-4-7-10-13-16-19-22-25-27-29-31-32-33-34-35-36-37-38-39-40-41-42-44-46-47-50-52-55-58-61-64-67-79(84)91-70-76(82)71-93-98(87,88)94-72-77(83)73-95-99(89,90)96-75-78(97-81(86)69-66-63-60-57-54-49-24-21-18-15-12-9-6-3)74-92-80(85)68-65-62-59-56-53-51-48-45-43-30-28-26-23-20-17-14-11-8-5-2/h8,11,16-17,19-21,24-28,31-32,34-35,43,45,51,53,76-78,82-83H,4-7,9-10,12-15,18,22-23,29-30,33,36-42,44,46-50,52,54-75H2,1-3H3,(H,87,88)(H,89,90)/b11-8-,19-16-,20-17-,24-21-,27-25-,28-26-,32-31-,35-34-,45-43-,53-51-. The number of rotatable bonds is 73. The summed E-state index contributed by atoms with van der Waals surface area (Å²) in [5, 5.41) is 20.6. The lowest BCUT2D eigenvalue weighted by Crippen LogP contribution is -2.30. The van der Waals surface area contributed by atoms with E-state index >= 15 is 0 Å². The summed E-state index contributed by atoms with van der Waals surface area (Å²) >= 11 is 0. The molecular formula is C81H140O16P2. The Balaban J connectivity index is 4.46. The zero-order chi connectivity index (χ0) is 72.3. The van der Waals surface area contributed by atoms with E-state index in [-0.39, 0.29) is 19.3 Å². The van der Waals surface area contributed by atoms with Gasteiger partial charge in [-0.1, -0.05) is 284 Å². The molecule has 5 atom stereocenters. The Morgan fingerprint density at radius 3 is 0.889 bits per heavy atom. The Kier molecular flexibility index (Phi) is 70.7. The van der Waals surface area contributed by atoms with Crippen LogP contribution < -0.4 is 0 Å². The van der Waals surface area contributed by atoms with E-state index in [1.807, 2.05) is 0 Å². The molecule has 18 heteroatoms. The van der Waals surface area contributed by atoms with Gasteiger partial charge < -0.3 is 34.2 Å². The average molecular weight is 1430 g/mol. The van der Waals surface area contributed by atoms with Crippen molar-refractivity contribution in [2.75, 3.05) is 39.6 Å². The van der Waals surface area contributed by atoms with Crippen LogP contribution in [-0.4, -0.2) is 95.9 Å². The highest BCUT2D eigenvalue weighted by molar-refractivity contribution is 7.47. The molecule has 0 fully saturated rings. The van der Waals surface area contributed by atoms with Gasteiger partial charge in [0.2, 0.25) is 0 Å². The summed E-state index contributed by atoms with van der Waals surface area (Å²) in [6.45, 7) is 2.48. The van der Waals surface area contributed by atoms with E-state index in [0.29, 0.717) is 19.3 Å². The molecule has 0 amide bonds. The number of hydrogen-bond acceptors (Lipinski definition) is 14. The molecule has 0 aliphatic rings. The fraction of sp³-hybridized carbons (Fsp3) is 0.716. The summed E-state index contributed by atoms with van der Waals surface area (Å²) < 4.78 is 61.0. The van der Waals surface area contributed by atoms with Crippen molar-refractivity contribution in [3.8, 4) is 0 Å². The second kappa shape index (κ2) is 73.7. The second-order valence-electron chi connectivity index (χ2n) is 25.8. The third kappa shape index (κ3) is 74.9. The van der Waals surface area contributed by atoms with Gasteiger partial charge in [-0.2, -0.15) is 0 Å². The number of esters is 3. The summed E-state index contributed by atoms with van der Waals surface area (Å²) in [7, 11) is -9.79. The second-order valence-corrected chi connectivity index (χ2v) is 28.7. The number of aliphatic hydroxyl groups excluding tert-OH is 2. The van der Waals surface area contributed by atoms with E-state index in [4.69, 9.17) is 32.3 Å². The van der Waals surface area contributed by atoms with Crippen LogP contribution in [0.1, 0.15) is 316 Å². The fourth-order valence-corrected chi connectivity index (χ4v) is 11.8. The minimum absolute atomic E-state index is 0.0851. The normalized spacial score (nSPS) is 14.7. The molecule has 16 nitrogen and oxygen atoms in total. The van der Waals surface area contributed by atoms with Crippen LogP contribution in [0.15, 0.2) is 122 Å². The van der Waals surface area contributed by atoms with E-state index in [9.17, 15) is 43.5 Å². The highest BCUT2D eigenvalue weighted by Gasteiger charge is 2.29. The molecule has 0 aromatic heterocycles. The Hall–Kier alpha value is -4.05. The minimum Gasteiger partial charge on any atom is -0.463 e. The molecule has 0 aliphatic heterocycles. The van der Waals surface area contributed by atoms with Crippen molar-refractivity contribution in [1.82, 2.24) is 0 Å². The Bertz CT molecular complexity index is 2290. The molecule has 5 unspecified atom stereocenters. The molecule has 99 heavy (non-hydrogen) atoms. The fourth-order valence-electron chi connectivity index (χ4n) is 10.2. The maximum atomic E-state index is 12.9. The number of phosphoric acid groups is 2. The molecule has 0 saturated heterocycles. The van der Waals surface area contributed by atoms with Gasteiger partial charge in [0.25, 0.3) is 0 Å². The summed E-state index contributed by atoms with van der Waals surface area (Å²) in [6, 6.07) is 0. The highest BCUT2D eigenvalue weighted by atomic mass is 31.2. The average Bonchev–Trinajstić information content (AvgIpc) is 1.06. The zero-order valence-corrected chi connectivity index (χ0v) is 63.9. The van der Waals surface area contributed by atoms with Gasteiger partial charge in [-0.05, 0) is 135 Å². The van der Waals surface area contributed by atoms with Crippen LogP contribution in [0, 0.1) is 0 Å². The molecule has 570 valence electrons. The Labute approximate surface area is 602 Å². The van der Waals surface area contributed by atoms with Crippen molar-refractivity contribution in [3.05, 3.63) is 122 Å². The number of carbonyl (C=O) groups excluding carboxylic acids is 3. The molecule has 0 bridgehead atoms. The third-order valence-electron chi connectivity index (χ3n) is 16.1. The predicted octanol–water partition coefficient (Wildman–Crippen LogP) is 22.5. The quantitative estimate of drug-likeness (QED) is 0.0146. The molecule has 0 aromatic carbocycles. The van der Waals surface area contributed by atoms with Crippen molar-refractivity contribution >= 4 is 33.6 Å². The van der Waals surface area contributed by atoms with Gasteiger partial charge in [0.05, 0.1) is 26.4 Å². The number of allylic oxidation sites excluding steroid dienone is 20. The van der Waals surface area contributed by atoms with Crippen molar-refractivity contribution in [1.29, 1.82) is 0 Å². The van der Waals surface area contributed by atoms with Gasteiger partial charge in [-0.15, -0.1) is 0 Å². The van der Waals surface area contributed by atoms with Crippen LogP contribution in [0.25, 0.3) is 0 Å². The third-order valence-corrected chi connectivity index (χ3v) is 18.0. The molecular weight excluding hydrogens is 1290 g/mol. The zero-order valence-electron chi connectivity index (χ0n) is 62.1. The van der Waals surface area contributed by atoms with Crippen molar-refractivity contribution in [3.63, 3.8) is 0 Å². The van der Waals surface area contributed by atoms with Gasteiger partial charge in [0.15, 0.2) is 6.10 Å². The number of phosphoric ester groups is 2. The lowest BCUT2D eigenvalue weighted by molar-refractivity contribution is -0.161. The van der Waals surface area contributed by atoms with Crippen LogP contribution in [0.2, 0.25) is 0 Å². The van der Waals surface area contributed by atoms with Gasteiger partial charge in [-0.25, -0.2) is 9.13 Å². The topological polar surface area (TPSA) is 231 Å². The Morgan fingerprint density at radius 2 is 0.535 bits per heavy atom. The molecule has 0 radical (unpaired) electrons. The first-order valence-electron chi connectivity index (χ1n) is 38.8. The summed E-state index contributed by atoms with van der Waals surface area (Å²) in [6.07, 6.45) is 86.9. The number of hydrogen-bond donors (Lipinski definition) is 4. The summed E-state index contributed by atoms with van der Waals surface area (Å²) in [4.78, 5) is 58.5. The van der Waals surface area contributed by atoms with Crippen LogP contribution in [0.5, 0.6) is 0 Å². The van der Waals surface area contributed by atoms with Crippen molar-refractivity contribution in [2.24, 2.45) is 0 Å². The highest BCUT2D eigenvalue weighted by Crippen LogP contribution is 2.45. The van der Waals surface area contributed by atoms with Crippen molar-refractivity contribution in [2.45, 2.75) is 334 Å². The molecule has 0 aromatic rings. The SMILES string of the molecule is CC/C=C\C/C=C\C/C=C\C/C=C\C/C=C\CCCCCC(=O)OCC(COP(=O)(O)OCC(O)COP(=O)(O)OCC(O)COC(=O)CCCCCCCCCCCCCCCCC/C=C\C/C=C\C/C=C\C/C=C\CCCCC)OC(=O)CCCCCCC/C=C\CCCCCC. The molecule has 0 aliphatic carbocycles. The number of ether oxygens (including phenoxy) is 3. The number of aliphatic hydroxyl groups is 2. The van der Waals surface area contributed by atoms with E-state index < -0.39 is 91.5 Å². The smallest absolute Gasteiger partial charge is 0.463 e. The number of unbranched alkanes of at least 4 members (excludes halogenated alkanes) is 30. The van der Waals surface area contributed by atoms with Gasteiger partial charge in [-0.3, -0.25) is 32.5 Å².